The van der Waals surface area contributed by atoms with Crippen LogP contribution >= 0.6 is 0 Å². The first-order valence-electron chi connectivity index (χ1n) is 6.68. The summed E-state index contributed by atoms with van der Waals surface area (Å²) in [4.78, 5) is 12.1. The molecule has 1 heterocycles. The summed E-state index contributed by atoms with van der Waals surface area (Å²) in [6.07, 6.45) is 0.785. The first-order valence-corrected chi connectivity index (χ1v) is 6.68. The Balaban J connectivity index is 1.98. The summed E-state index contributed by atoms with van der Waals surface area (Å²) < 4.78 is 0. The van der Waals surface area contributed by atoms with Gasteiger partial charge in [0, 0.05) is 12.6 Å². The van der Waals surface area contributed by atoms with E-state index in [0.29, 0.717) is 5.92 Å². The van der Waals surface area contributed by atoms with Crippen LogP contribution in [0.1, 0.15) is 31.9 Å². The summed E-state index contributed by atoms with van der Waals surface area (Å²) in [5.41, 5.74) is 2.59. The molecule has 0 aromatic heterocycles. The van der Waals surface area contributed by atoms with E-state index in [9.17, 15) is 4.79 Å². The highest BCUT2D eigenvalue weighted by atomic mass is 16.2. The van der Waals surface area contributed by atoms with E-state index in [1.807, 2.05) is 12.1 Å². The first-order chi connectivity index (χ1) is 8.58. The van der Waals surface area contributed by atoms with Crippen LogP contribution in [0.25, 0.3) is 0 Å². The van der Waals surface area contributed by atoms with Crippen LogP contribution in [0.2, 0.25) is 0 Å². The van der Waals surface area contributed by atoms with Gasteiger partial charge in [-0.2, -0.15) is 0 Å². The fourth-order valence-corrected chi connectivity index (χ4v) is 2.13. The van der Waals surface area contributed by atoms with Crippen molar-refractivity contribution in [3.63, 3.8) is 0 Å². The van der Waals surface area contributed by atoms with Crippen molar-refractivity contribution in [3.05, 3.63) is 35.4 Å². The molecule has 2 rings (SSSR count). The van der Waals surface area contributed by atoms with E-state index in [2.05, 4.69) is 43.5 Å². The van der Waals surface area contributed by atoms with E-state index in [-0.39, 0.29) is 18.0 Å². The van der Waals surface area contributed by atoms with Crippen LogP contribution in [-0.4, -0.2) is 18.0 Å². The quantitative estimate of drug-likeness (QED) is 0.854. The van der Waals surface area contributed by atoms with Crippen LogP contribution in [0, 0.1) is 5.92 Å². The maximum atomic E-state index is 12.1. The van der Waals surface area contributed by atoms with Crippen LogP contribution in [0.3, 0.4) is 0 Å². The smallest absolute Gasteiger partial charge is 0.237 e. The van der Waals surface area contributed by atoms with Gasteiger partial charge in [-0.15, -0.1) is 0 Å². The van der Waals surface area contributed by atoms with Gasteiger partial charge in [0.2, 0.25) is 5.91 Å². The van der Waals surface area contributed by atoms with E-state index >= 15 is 0 Å². The SMILES string of the molecule is CC(C)C(C)NC(=O)C1Cc2ccccc2CN1. The van der Waals surface area contributed by atoms with Gasteiger partial charge in [0.1, 0.15) is 0 Å². The Morgan fingerprint density at radius 2 is 1.94 bits per heavy atom. The van der Waals surface area contributed by atoms with Crippen molar-refractivity contribution in [1.82, 2.24) is 10.6 Å². The lowest BCUT2D eigenvalue weighted by molar-refractivity contribution is -0.124. The van der Waals surface area contributed by atoms with E-state index in [4.69, 9.17) is 0 Å². The maximum absolute atomic E-state index is 12.1. The molecule has 0 radical (unpaired) electrons. The molecule has 1 aromatic carbocycles. The molecule has 1 aliphatic rings. The molecule has 3 heteroatoms. The Bertz CT molecular complexity index is 428. The van der Waals surface area contributed by atoms with E-state index in [1.54, 1.807) is 0 Å². The standard InChI is InChI=1S/C15H22N2O/c1-10(2)11(3)17-15(18)14-8-12-6-4-5-7-13(12)9-16-14/h4-7,10-11,14,16H,8-9H2,1-3H3,(H,17,18). The van der Waals surface area contributed by atoms with Crippen LogP contribution in [0.4, 0.5) is 0 Å². The third-order valence-corrected chi connectivity index (χ3v) is 3.77. The second-order valence-electron chi connectivity index (χ2n) is 5.45. The maximum Gasteiger partial charge on any atom is 0.237 e. The molecule has 3 nitrogen and oxygen atoms in total. The predicted octanol–water partition coefficient (Wildman–Crippen LogP) is 1.86. The lowest BCUT2D eigenvalue weighted by atomic mass is 9.95. The van der Waals surface area contributed by atoms with Gasteiger partial charge in [0.25, 0.3) is 0 Å². The summed E-state index contributed by atoms with van der Waals surface area (Å²) >= 11 is 0. The molecule has 0 fully saturated rings. The summed E-state index contributed by atoms with van der Waals surface area (Å²) in [5.74, 6) is 0.579. The Hall–Kier alpha value is -1.35. The monoisotopic (exact) mass is 246 g/mol. The molecule has 0 saturated carbocycles. The summed E-state index contributed by atoms with van der Waals surface area (Å²) in [6.45, 7) is 7.08. The Labute approximate surface area is 109 Å². The summed E-state index contributed by atoms with van der Waals surface area (Å²) in [6, 6.07) is 8.44. The van der Waals surface area contributed by atoms with Crippen LogP contribution in [0.15, 0.2) is 24.3 Å². The normalized spacial score (nSPS) is 20.3. The zero-order chi connectivity index (χ0) is 13.1. The molecule has 2 atom stereocenters. The molecule has 18 heavy (non-hydrogen) atoms. The van der Waals surface area contributed by atoms with Gasteiger partial charge in [-0.3, -0.25) is 4.79 Å². The van der Waals surface area contributed by atoms with Gasteiger partial charge < -0.3 is 10.6 Å². The molecule has 1 aromatic rings. The number of amides is 1. The van der Waals surface area contributed by atoms with Crippen molar-refractivity contribution in [2.75, 3.05) is 0 Å². The van der Waals surface area contributed by atoms with Crippen molar-refractivity contribution in [1.29, 1.82) is 0 Å². The topological polar surface area (TPSA) is 41.1 Å². The molecule has 2 unspecified atom stereocenters. The number of carbonyl (C=O) groups excluding carboxylic acids is 1. The number of fused-ring (bicyclic) bond motifs is 1. The Morgan fingerprint density at radius 1 is 1.28 bits per heavy atom. The molecule has 0 spiro atoms. The Morgan fingerprint density at radius 3 is 2.61 bits per heavy atom. The van der Waals surface area contributed by atoms with Crippen molar-refractivity contribution < 1.29 is 4.79 Å². The third kappa shape index (κ3) is 2.91. The van der Waals surface area contributed by atoms with Gasteiger partial charge in [-0.25, -0.2) is 0 Å². The van der Waals surface area contributed by atoms with Gasteiger partial charge in [0.05, 0.1) is 6.04 Å². The van der Waals surface area contributed by atoms with E-state index in [1.165, 1.54) is 11.1 Å². The van der Waals surface area contributed by atoms with Crippen molar-refractivity contribution in [2.24, 2.45) is 5.92 Å². The number of rotatable bonds is 3. The molecule has 0 saturated heterocycles. The first kappa shape index (κ1) is 13.1. The zero-order valence-electron chi connectivity index (χ0n) is 11.4. The van der Waals surface area contributed by atoms with Crippen molar-refractivity contribution in [2.45, 2.75) is 45.8 Å². The predicted molar refractivity (Wildman–Crippen MR) is 73.2 cm³/mol. The van der Waals surface area contributed by atoms with Crippen LogP contribution in [-0.2, 0) is 17.8 Å². The van der Waals surface area contributed by atoms with Crippen molar-refractivity contribution in [3.8, 4) is 0 Å². The fraction of sp³-hybridized carbons (Fsp3) is 0.533. The fourth-order valence-electron chi connectivity index (χ4n) is 2.13. The summed E-state index contributed by atoms with van der Waals surface area (Å²) in [7, 11) is 0. The highest BCUT2D eigenvalue weighted by Gasteiger charge is 2.25. The van der Waals surface area contributed by atoms with Crippen LogP contribution in [0.5, 0.6) is 0 Å². The number of hydrogen-bond acceptors (Lipinski definition) is 2. The molecule has 0 aliphatic carbocycles. The number of nitrogens with one attached hydrogen (secondary N) is 2. The third-order valence-electron chi connectivity index (χ3n) is 3.77. The zero-order valence-corrected chi connectivity index (χ0v) is 11.4. The van der Waals surface area contributed by atoms with Gasteiger partial charge in [-0.05, 0) is 30.4 Å². The second kappa shape index (κ2) is 5.53. The molecule has 1 aliphatic heterocycles. The molecule has 1 amide bonds. The molecule has 98 valence electrons. The number of benzene rings is 1. The largest absolute Gasteiger partial charge is 0.352 e. The molecular formula is C15H22N2O. The molecular weight excluding hydrogens is 224 g/mol. The highest BCUT2D eigenvalue weighted by molar-refractivity contribution is 5.82. The van der Waals surface area contributed by atoms with Gasteiger partial charge in [-0.1, -0.05) is 38.1 Å². The number of hydrogen-bond donors (Lipinski definition) is 2. The minimum absolute atomic E-state index is 0.0962. The van der Waals surface area contributed by atoms with Gasteiger partial charge in [0.15, 0.2) is 0 Å². The highest BCUT2D eigenvalue weighted by Crippen LogP contribution is 2.16. The minimum atomic E-state index is -0.0962. The average molecular weight is 246 g/mol. The second-order valence-corrected chi connectivity index (χ2v) is 5.45. The van der Waals surface area contributed by atoms with E-state index in [0.717, 1.165) is 13.0 Å². The van der Waals surface area contributed by atoms with E-state index < -0.39 is 0 Å². The van der Waals surface area contributed by atoms with Crippen molar-refractivity contribution >= 4 is 5.91 Å². The molecule has 0 bridgehead atoms. The van der Waals surface area contributed by atoms with Crippen LogP contribution < -0.4 is 10.6 Å². The molecule has 2 N–H and O–H groups in total. The average Bonchev–Trinajstić information content (AvgIpc) is 2.37. The Kier molecular flexibility index (Phi) is 4.02. The lowest BCUT2D eigenvalue weighted by Gasteiger charge is -2.27. The summed E-state index contributed by atoms with van der Waals surface area (Å²) in [5, 5.41) is 6.39. The minimum Gasteiger partial charge on any atom is -0.352 e. The lowest BCUT2D eigenvalue weighted by Crippen LogP contribution is -2.50. The number of carbonyl (C=O) groups is 1. The van der Waals surface area contributed by atoms with Gasteiger partial charge >= 0.3 is 0 Å².